The van der Waals surface area contributed by atoms with Crippen LogP contribution in [0.15, 0.2) is 36.9 Å². The summed E-state index contributed by atoms with van der Waals surface area (Å²) in [6.45, 7) is 5.95. The number of piperazine rings is 1. The Hall–Kier alpha value is -2.87. The van der Waals surface area contributed by atoms with E-state index in [9.17, 15) is 19.5 Å². The Morgan fingerprint density at radius 1 is 1.12 bits per heavy atom. The van der Waals surface area contributed by atoms with Crippen LogP contribution in [-0.4, -0.2) is 72.0 Å². The third-order valence-corrected chi connectivity index (χ3v) is 3.80. The summed E-state index contributed by atoms with van der Waals surface area (Å²) in [7, 11) is 0. The molecule has 1 aliphatic heterocycles. The van der Waals surface area contributed by atoms with Gasteiger partial charge in [0.05, 0.1) is 6.54 Å². The number of urea groups is 1. The summed E-state index contributed by atoms with van der Waals surface area (Å²) in [5, 5.41) is 14.0. The second kappa shape index (κ2) is 8.84. The van der Waals surface area contributed by atoms with Gasteiger partial charge in [-0.2, -0.15) is 0 Å². The summed E-state index contributed by atoms with van der Waals surface area (Å²) in [6.07, 6.45) is 1.52. The average molecular weight is 346 g/mol. The van der Waals surface area contributed by atoms with Gasteiger partial charge in [-0.15, -0.1) is 6.58 Å². The number of phenolic OH excluding ortho intramolecular Hbond substituents is 1. The van der Waals surface area contributed by atoms with Crippen LogP contribution in [0.1, 0.15) is 10.4 Å². The number of nitrogens with one attached hydrogen (secondary N) is 2. The first-order chi connectivity index (χ1) is 12.0. The maximum absolute atomic E-state index is 12.4. The number of hydrogen-bond acceptors (Lipinski definition) is 5. The first-order valence-corrected chi connectivity index (χ1v) is 7.99. The largest absolute Gasteiger partial charge is 0.508 e. The minimum atomic E-state index is -0.550. The molecule has 0 bridgehead atoms. The Balaban J connectivity index is 1.76. The summed E-state index contributed by atoms with van der Waals surface area (Å²) >= 11 is 0. The molecular formula is C17H22N4O4. The number of rotatable bonds is 5. The van der Waals surface area contributed by atoms with Gasteiger partial charge in [0.2, 0.25) is 5.91 Å². The molecule has 0 atom stereocenters. The minimum absolute atomic E-state index is 0.0999. The summed E-state index contributed by atoms with van der Waals surface area (Å²) in [4.78, 5) is 39.2. The van der Waals surface area contributed by atoms with E-state index in [1.807, 2.05) is 4.90 Å². The molecule has 0 radical (unpaired) electrons. The first-order valence-electron chi connectivity index (χ1n) is 7.99. The zero-order valence-electron chi connectivity index (χ0n) is 13.9. The van der Waals surface area contributed by atoms with Crippen LogP contribution < -0.4 is 10.6 Å². The molecule has 1 heterocycles. The molecule has 25 heavy (non-hydrogen) atoms. The molecule has 0 aliphatic carbocycles. The van der Waals surface area contributed by atoms with Crippen molar-refractivity contribution in [2.75, 3.05) is 39.3 Å². The molecule has 0 saturated carbocycles. The van der Waals surface area contributed by atoms with Gasteiger partial charge in [0.1, 0.15) is 5.75 Å². The summed E-state index contributed by atoms with van der Waals surface area (Å²) < 4.78 is 0. The second-order valence-corrected chi connectivity index (χ2v) is 5.66. The van der Waals surface area contributed by atoms with Crippen molar-refractivity contribution in [2.24, 2.45) is 0 Å². The van der Waals surface area contributed by atoms with Crippen molar-refractivity contribution in [1.82, 2.24) is 20.4 Å². The van der Waals surface area contributed by atoms with Crippen LogP contribution >= 0.6 is 0 Å². The number of carbonyl (C=O) groups excluding carboxylic acids is 3. The molecule has 0 spiro atoms. The van der Waals surface area contributed by atoms with Gasteiger partial charge >= 0.3 is 6.03 Å². The highest BCUT2D eigenvalue weighted by Crippen LogP contribution is 2.13. The normalized spacial score (nSPS) is 14.6. The molecule has 8 heteroatoms. The third kappa shape index (κ3) is 5.61. The zero-order chi connectivity index (χ0) is 18.2. The molecule has 8 nitrogen and oxygen atoms in total. The van der Waals surface area contributed by atoms with Crippen molar-refractivity contribution in [3.8, 4) is 5.75 Å². The fourth-order valence-electron chi connectivity index (χ4n) is 2.47. The highest BCUT2D eigenvalue weighted by atomic mass is 16.3. The fourth-order valence-corrected chi connectivity index (χ4v) is 2.47. The quantitative estimate of drug-likeness (QED) is 0.659. The second-order valence-electron chi connectivity index (χ2n) is 5.66. The standard InChI is InChI=1S/C17H22N4O4/c1-2-7-18-17(25)19-15(23)12-20-8-10-21(11-9-20)16(24)13-3-5-14(22)6-4-13/h2-6,22H,1,7-12H2,(H2,18,19,23,25). The summed E-state index contributed by atoms with van der Waals surface area (Å²) in [6, 6.07) is 5.57. The van der Waals surface area contributed by atoms with Crippen molar-refractivity contribution < 1.29 is 19.5 Å². The molecule has 1 aromatic carbocycles. The van der Waals surface area contributed by atoms with Crippen LogP contribution in [0.5, 0.6) is 5.75 Å². The van der Waals surface area contributed by atoms with E-state index in [0.29, 0.717) is 31.7 Å². The molecule has 3 N–H and O–H groups in total. The molecule has 1 aliphatic rings. The molecule has 2 rings (SSSR count). The maximum Gasteiger partial charge on any atom is 0.321 e. The van der Waals surface area contributed by atoms with Crippen LogP contribution in [0, 0.1) is 0 Å². The lowest BCUT2D eigenvalue weighted by Crippen LogP contribution is -2.52. The van der Waals surface area contributed by atoms with Crippen molar-refractivity contribution >= 4 is 17.8 Å². The lowest BCUT2D eigenvalue weighted by Gasteiger charge is -2.34. The van der Waals surface area contributed by atoms with Gasteiger partial charge < -0.3 is 15.3 Å². The Morgan fingerprint density at radius 2 is 1.76 bits per heavy atom. The number of nitrogens with zero attached hydrogens (tertiary/aromatic N) is 2. The molecule has 1 aromatic rings. The summed E-state index contributed by atoms with van der Waals surface area (Å²) in [5.41, 5.74) is 0.517. The van der Waals surface area contributed by atoms with Crippen LogP contribution in [0.3, 0.4) is 0 Å². The fraction of sp³-hybridized carbons (Fsp3) is 0.353. The smallest absolute Gasteiger partial charge is 0.321 e. The first kappa shape index (κ1) is 18.5. The highest BCUT2D eigenvalue weighted by molar-refractivity contribution is 5.95. The molecule has 134 valence electrons. The topological polar surface area (TPSA) is 102 Å². The summed E-state index contributed by atoms with van der Waals surface area (Å²) in [5.74, 6) is -0.378. The van der Waals surface area contributed by atoms with Crippen molar-refractivity contribution in [3.05, 3.63) is 42.5 Å². The molecule has 4 amide bonds. The molecular weight excluding hydrogens is 324 g/mol. The number of amides is 4. The SMILES string of the molecule is C=CCNC(=O)NC(=O)CN1CCN(C(=O)c2ccc(O)cc2)CC1. The molecule has 1 fully saturated rings. The van der Waals surface area contributed by atoms with E-state index < -0.39 is 6.03 Å². The molecule has 0 unspecified atom stereocenters. The van der Waals surface area contributed by atoms with Crippen LogP contribution in [0.25, 0.3) is 0 Å². The zero-order valence-corrected chi connectivity index (χ0v) is 13.9. The molecule has 1 saturated heterocycles. The Kier molecular flexibility index (Phi) is 6.53. The highest BCUT2D eigenvalue weighted by Gasteiger charge is 2.23. The van der Waals surface area contributed by atoms with Crippen LogP contribution in [0.4, 0.5) is 4.79 Å². The predicted molar refractivity (Wildman–Crippen MR) is 92.2 cm³/mol. The number of carbonyl (C=O) groups is 3. The van der Waals surface area contributed by atoms with Crippen LogP contribution in [-0.2, 0) is 4.79 Å². The van der Waals surface area contributed by atoms with Gasteiger partial charge in [0.25, 0.3) is 5.91 Å². The number of imide groups is 1. The van der Waals surface area contributed by atoms with Crippen molar-refractivity contribution in [3.63, 3.8) is 0 Å². The lowest BCUT2D eigenvalue weighted by molar-refractivity contribution is -0.121. The number of benzene rings is 1. The Bertz CT molecular complexity index is 637. The van der Waals surface area contributed by atoms with E-state index in [1.165, 1.54) is 18.2 Å². The van der Waals surface area contributed by atoms with Crippen molar-refractivity contribution in [1.29, 1.82) is 0 Å². The molecule has 0 aromatic heterocycles. The van der Waals surface area contributed by atoms with Crippen LogP contribution in [0.2, 0.25) is 0 Å². The minimum Gasteiger partial charge on any atom is -0.508 e. The van der Waals surface area contributed by atoms with E-state index in [4.69, 9.17) is 0 Å². The number of phenols is 1. The third-order valence-electron chi connectivity index (χ3n) is 3.80. The van der Waals surface area contributed by atoms with Gasteiger partial charge in [0.15, 0.2) is 0 Å². The van der Waals surface area contributed by atoms with E-state index in [-0.39, 0.29) is 30.7 Å². The predicted octanol–water partition coefficient (Wildman–Crippen LogP) is 0.162. The van der Waals surface area contributed by atoms with E-state index >= 15 is 0 Å². The number of aromatic hydroxyl groups is 1. The Labute approximate surface area is 146 Å². The van der Waals surface area contributed by atoms with Gasteiger partial charge in [-0.3, -0.25) is 19.8 Å². The monoisotopic (exact) mass is 346 g/mol. The van der Waals surface area contributed by atoms with E-state index in [2.05, 4.69) is 17.2 Å². The average Bonchev–Trinajstić information content (AvgIpc) is 2.60. The van der Waals surface area contributed by atoms with E-state index in [0.717, 1.165) is 0 Å². The number of hydrogen-bond donors (Lipinski definition) is 3. The van der Waals surface area contributed by atoms with Gasteiger partial charge in [-0.25, -0.2) is 4.79 Å². The Morgan fingerprint density at radius 3 is 2.36 bits per heavy atom. The lowest BCUT2D eigenvalue weighted by atomic mass is 10.1. The van der Waals surface area contributed by atoms with Crippen molar-refractivity contribution in [2.45, 2.75) is 0 Å². The van der Waals surface area contributed by atoms with Gasteiger partial charge in [-0.05, 0) is 24.3 Å². The van der Waals surface area contributed by atoms with Gasteiger partial charge in [0, 0.05) is 38.3 Å². The van der Waals surface area contributed by atoms with Gasteiger partial charge in [-0.1, -0.05) is 6.08 Å². The maximum atomic E-state index is 12.4. The van der Waals surface area contributed by atoms with E-state index in [1.54, 1.807) is 17.0 Å².